The number of rotatable bonds is 6. The van der Waals surface area contributed by atoms with E-state index in [1.54, 1.807) is 0 Å². The van der Waals surface area contributed by atoms with Crippen LogP contribution in [0.15, 0.2) is 24.3 Å². The number of aliphatic hydroxyl groups excluding tert-OH is 1. The van der Waals surface area contributed by atoms with Crippen LogP contribution in [-0.4, -0.2) is 18.4 Å². The molecule has 0 saturated carbocycles. The molecule has 37 heavy (non-hydrogen) atoms. The molecule has 0 radical (unpaired) electrons. The molecule has 2 atom stereocenters. The highest BCUT2D eigenvalue weighted by molar-refractivity contribution is 14.1. The summed E-state index contributed by atoms with van der Waals surface area (Å²) < 4.78 is 8.16. The van der Waals surface area contributed by atoms with Gasteiger partial charge in [0.15, 0.2) is 8.32 Å². The summed E-state index contributed by atoms with van der Waals surface area (Å²) in [7, 11) is -2.04. The van der Waals surface area contributed by atoms with E-state index in [1.165, 1.54) is 5.56 Å². The van der Waals surface area contributed by atoms with Crippen LogP contribution in [0.25, 0.3) is 0 Å². The first kappa shape index (κ1) is 30.3. The molecule has 0 fully saturated rings. The van der Waals surface area contributed by atoms with Crippen LogP contribution in [0.5, 0.6) is 0 Å². The first-order valence-electron chi connectivity index (χ1n) is 13.4. The molecule has 1 aromatic heterocycles. The molecule has 3 rings (SSSR count). The number of aromatic nitrogens is 1. The number of hydrogen-bond acceptors (Lipinski definition) is 4. The first-order chi connectivity index (χ1) is 16.8. The van der Waals surface area contributed by atoms with Crippen LogP contribution < -0.4 is 0 Å². The van der Waals surface area contributed by atoms with E-state index in [1.807, 2.05) is 38.1 Å². The van der Waals surface area contributed by atoms with E-state index in [9.17, 15) is 10.4 Å². The first-order valence-corrected chi connectivity index (χ1v) is 17.4. The molecule has 6 heteroatoms. The van der Waals surface area contributed by atoms with Gasteiger partial charge in [-0.3, -0.25) is 4.98 Å². The fourth-order valence-electron chi connectivity index (χ4n) is 4.89. The number of hydrogen-bond donors (Lipinski definition) is 1. The zero-order valence-corrected chi connectivity index (χ0v) is 27.7. The van der Waals surface area contributed by atoms with Crippen LogP contribution in [0.2, 0.25) is 18.1 Å². The van der Waals surface area contributed by atoms with E-state index in [0.717, 1.165) is 44.5 Å². The lowest BCUT2D eigenvalue weighted by Crippen LogP contribution is -2.44. The maximum atomic E-state index is 11.8. The fourth-order valence-corrected chi connectivity index (χ4v) is 7.38. The Morgan fingerprint density at radius 2 is 1.70 bits per heavy atom. The van der Waals surface area contributed by atoms with Gasteiger partial charge >= 0.3 is 0 Å². The topological polar surface area (TPSA) is 66.1 Å². The van der Waals surface area contributed by atoms with Gasteiger partial charge in [-0.1, -0.05) is 72.7 Å². The van der Waals surface area contributed by atoms with Crippen molar-refractivity contribution in [1.29, 1.82) is 5.26 Å². The molecule has 0 amide bonds. The van der Waals surface area contributed by atoms with E-state index in [0.29, 0.717) is 0 Å². The molecule has 0 saturated heterocycles. The van der Waals surface area contributed by atoms with E-state index in [4.69, 9.17) is 9.41 Å². The quantitative estimate of drug-likeness (QED) is 0.256. The van der Waals surface area contributed by atoms with E-state index in [2.05, 4.69) is 90.2 Å². The van der Waals surface area contributed by atoms with Crippen molar-refractivity contribution in [2.24, 2.45) is 5.41 Å². The Balaban J connectivity index is 2.18. The summed E-state index contributed by atoms with van der Waals surface area (Å²) in [4.78, 5) is 5.26. The standard InChI is InChI=1S/C31H45IN2O2Si/c1-19(2)27-25(28(35)20-12-14-21(15-13-20)31(8,9)18-33)26(32)24-22(34-27)16-30(6,7)17-23(24)36-37(10,11)29(3,4)5/h12-15,19,23,28,35H,16-17H2,1-11H3/t23?,28-/m0/s1. The summed E-state index contributed by atoms with van der Waals surface area (Å²) >= 11 is 2.44. The number of fused-ring (bicyclic) bond motifs is 1. The minimum atomic E-state index is -2.04. The van der Waals surface area contributed by atoms with Crippen LogP contribution in [0.3, 0.4) is 0 Å². The predicted molar refractivity (Wildman–Crippen MR) is 163 cm³/mol. The Kier molecular flexibility index (Phi) is 8.48. The number of benzene rings is 1. The SMILES string of the molecule is CC(C)c1nc2c(c(I)c1[C@@H](O)c1ccc(C(C)(C)C#N)cc1)C(O[Si](C)(C)C(C)(C)C)CC(C)(C)C2. The highest BCUT2D eigenvalue weighted by Gasteiger charge is 2.44. The van der Waals surface area contributed by atoms with Crippen LogP contribution in [0, 0.1) is 20.3 Å². The second-order valence-electron chi connectivity index (χ2n) is 13.9. The van der Waals surface area contributed by atoms with E-state index in [-0.39, 0.29) is 22.5 Å². The fraction of sp³-hybridized carbons (Fsp3) is 0.613. The van der Waals surface area contributed by atoms with E-state index < -0.39 is 19.8 Å². The molecule has 1 unspecified atom stereocenters. The highest BCUT2D eigenvalue weighted by Crippen LogP contribution is 2.50. The maximum Gasteiger partial charge on any atom is 0.192 e. The molecule has 1 aliphatic rings. The van der Waals surface area contributed by atoms with Gasteiger partial charge in [-0.15, -0.1) is 0 Å². The van der Waals surface area contributed by atoms with Crippen molar-refractivity contribution in [2.75, 3.05) is 0 Å². The molecule has 0 aliphatic heterocycles. The van der Waals surface area contributed by atoms with Crippen molar-refractivity contribution >= 4 is 30.9 Å². The Labute approximate surface area is 239 Å². The zero-order chi connectivity index (χ0) is 28.1. The minimum absolute atomic E-state index is 0.0370. The normalized spacial score (nSPS) is 18.9. The smallest absolute Gasteiger partial charge is 0.192 e. The van der Waals surface area contributed by atoms with Gasteiger partial charge in [0.1, 0.15) is 6.10 Å². The molecule has 4 nitrogen and oxygen atoms in total. The van der Waals surface area contributed by atoms with Gasteiger partial charge in [-0.25, -0.2) is 0 Å². The van der Waals surface area contributed by atoms with Crippen LogP contribution in [-0.2, 0) is 16.3 Å². The molecule has 202 valence electrons. The molecule has 0 spiro atoms. The van der Waals surface area contributed by atoms with Gasteiger partial charge in [0.25, 0.3) is 0 Å². The van der Waals surface area contributed by atoms with E-state index >= 15 is 0 Å². The summed E-state index contributed by atoms with van der Waals surface area (Å²) in [6.07, 6.45) is 1.01. The van der Waals surface area contributed by atoms with Crippen LogP contribution >= 0.6 is 22.6 Å². The lowest BCUT2D eigenvalue weighted by Gasteiger charge is -2.44. The summed E-state index contributed by atoms with van der Waals surface area (Å²) in [5, 5.41) is 21.4. The Morgan fingerprint density at radius 1 is 1.14 bits per heavy atom. The second kappa shape index (κ2) is 10.4. The Bertz CT molecular complexity index is 1190. The average Bonchev–Trinajstić information content (AvgIpc) is 2.76. The summed E-state index contributed by atoms with van der Waals surface area (Å²) in [6.45, 7) is 24.2. The lowest BCUT2D eigenvalue weighted by atomic mass is 9.74. The largest absolute Gasteiger partial charge is 0.410 e. The van der Waals surface area contributed by atoms with Gasteiger partial charge < -0.3 is 9.53 Å². The Morgan fingerprint density at radius 3 is 2.19 bits per heavy atom. The van der Waals surface area contributed by atoms with Crippen LogP contribution in [0.4, 0.5) is 0 Å². The summed E-state index contributed by atoms with van der Waals surface area (Å²) in [5.41, 5.74) is 5.42. The lowest BCUT2D eigenvalue weighted by molar-refractivity contribution is 0.104. The van der Waals surface area contributed by atoms with Crippen molar-refractivity contribution in [3.05, 3.63) is 61.5 Å². The third-order valence-electron chi connectivity index (χ3n) is 8.31. The van der Waals surface area contributed by atoms with Crippen molar-refractivity contribution in [2.45, 2.75) is 117 Å². The minimum Gasteiger partial charge on any atom is -0.410 e. The Hall–Kier alpha value is -1.27. The molecule has 1 aliphatic carbocycles. The molecular weight excluding hydrogens is 587 g/mol. The third-order valence-corrected chi connectivity index (χ3v) is 14.0. The zero-order valence-electron chi connectivity index (χ0n) is 24.6. The van der Waals surface area contributed by atoms with Gasteiger partial charge in [-0.05, 0) is 89.9 Å². The summed E-state index contributed by atoms with van der Waals surface area (Å²) in [5.74, 6) is 0.171. The van der Waals surface area contributed by atoms with Crippen molar-refractivity contribution in [3.8, 4) is 6.07 Å². The van der Waals surface area contributed by atoms with Gasteiger partial charge in [0.05, 0.1) is 23.3 Å². The molecule has 2 aromatic rings. The molecular formula is C31H45IN2O2Si. The number of halogens is 1. The molecule has 1 heterocycles. The number of nitrogens with zero attached hydrogens (tertiary/aromatic N) is 2. The third kappa shape index (κ3) is 6.16. The number of nitriles is 1. The monoisotopic (exact) mass is 632 g/mol. The predicted octanol–water partition coefficient (Wildman–Crippen LogP) is 8.73. The highest BCUT2D eigenvalue weighted by atomic mass is 127. The van der Waals surface area contributed by atoms with Crippen molar-refractivity contribution < 1.29 is 9.53 Å². The second-order valence-corrected chi connectivity index (χ2v) is 19.7. The van der Waals surface area contributed by atoms with Crippen molar-refractivity contribution in [3.63, 3.8) is 0 Å². The molecule has 1 aromatic carbocycles. The van der Waals surface area contributed by atoms with Crippen LogP contribution in [0.1, 0.15) is 121 Å². The van der Waals surface area contributed by atoms with Gasteiger partial charge in [0.2, 0.25) is 0 Å². The summed E-state index contributed by atoms with van der Waals surface area (Å²) in [6, 6.07) is 10.2. The molecule has 0 bridgehead atoms. The maximum absolute atomic E-state index is 11.8. The molecule has 1 N–H and O–H groups in total. The number of pyridine rings is 1. The van der Waals surface area contributed by atoms with Crippen molar-refractivity contribution in [1.82, 2.24) is 4.98 Å². The average molecular weight is 633 g/mol. The number of aliphatic hydroxyl groups is 1. The van der Waals surface area contributed by atoms with Gasteiger partial charge in [0, 0.05) is 20.4 Å². The van der Waals surface area contributed by atoms with Gasteiger partial charge in [-0.2, -0.15) is 5.26 Å².